The third-order valence-corrected chi connectivity index (χ3v) is 7.79. The van der Waals surface area contributed by atoms with Crippen LogP contribution in [0.1, 0.15) is 12.0 Å². The number of rotatable bonds is 3. The molecule has 0 N–H and O–H groups in total. The maximum absolute atomic E-state index is 13.2. The molecule has 5 rings (SSSR count). The van der Waals surface area contributed by atoms with Gasteiger partial charge in [-0.05, 0) is 42.8 Å². The van der Waals surface area contributed by atoms with Crippen LogP contribution in [-0.2, 0) is 10.0 Å². The van der Waals surface area contributed by atoms with Crippen LogP contribution in [0.4, 0.5) is 5.69 Å². The fraction of sp³-hybridized carbons (Fsp3) is 0.240. The van der Waals surface area contributed by atoms with Crippen molar-refractivity contribution in [3.63, 3.8) is 0 Å². The normalized spacial score (nSPS) is 16.5. The van der Waals surface area contributed by atoms with Gasteiger partial charge in [-0.2, -0.15) is 4.31 Å². The predicted molar refractivity (Wildman–Crippen MR) is 127 cm³/mol. The summed E-state index contributed by atoms with van der Waals surface area (Å²) in [5, 5.41) is 0. The van der Waals surface area contributed by atoms with Gasteiger partial charge < -0.3 is 14.4 Å². The lowest BCUT2D eigenvalue weighted by atomic mass is 10.1. The van der Waals surface area contributed by atoms with Gasteiger partial charge in [-0.15, -0.1) is 0 Å². The predicted octanol–water partition coefficient (Wildman–Crippen LogP) is 4.28. The summed E-state index contributed by atoms with van der Waals surface area (Å²) < 4.78 is 39.5. The summed E-state index contributed by atoms with van der Waals surface area (Å²) >= 11 is 0. The SMILES string of the molecule is COc1ccc2c(c1)Oc1ccccc1N=C2N1CCCN(S(=O)(=O)c2ccccc2)CC1. The molecule has 0 amide bonds. The molecular formula is C25H25N3O4S. The fourth-order valence-corrected chi connectivity index (χ4v) is 5.65. The van der Waals surface area contributed by atoms with Crippen molar-refractivity contribution in [3.05, 3.63) is 78.4 Å². The summed E-state index contributed by atoms with van der Waals surface area (Å²) in [6.45, 7) is 2.06. The maximum Gasteiger partial charge on any atom is 0.243 e. The Morgan fingerprint density at radius 2 is 1.67 bits per heavy atom. The van der Waals surface area contributed by atoms with E-state index in [-0.39, 0.29) is 0 Å². The number of hydrogen-bond acceptors (Lipinski definition) is 6. The molecule has 1 saturated heterocycles. The van der Waals surface area contributed by atoms with Crippen LogP contribution >= 0.6 is 0 Å². The topological polar surface area (TPSA) is 71.4 Å². The van der Waals surface area contributed by atoms with Gasteiger partial charge in [0.25, 0.3) is 0 Å². The number of aliphatic imine (C=N–C) groups is 1. The standard InChI is InChI=1S/C25H25N3O4S/c1-31-19-12-13-21-24(18-19)32-23-11-6-5-10-22(23)26-25(21)27-14-7-15-28(17-16-27)33(29,30)20-8-3-2-4-9-20/h2-6,8-13,18H,7,14-17H2,1H3. The van der Waals surface area contributed by atoms with Crippen molar-refractivity contribution in [1.82, 2.24) is 9.21 Å². The fourth-order valence-electron chi connectivity index (χ4n) is 4.16. The minimum Gasteiger partial charge on any atom is -0.497 e. The number of sulfonamides is 1. The first-order valence-corrected chi connectivity index (χ1v) is 12.3. The highest BCUT2D eigenvalue weighted by atomic mass is 32.2. The Morgan fingerprint density at radius 1 is 0.879 bits per heavy atom. The highest BCUT2D eigenvalue weighted by Gasteiger charge is 2.29. The second kappa shape index (κ2) is 8.88. The number of hydrogen-bond donors (Lipinski definition) is 0. The van der Waals surface area contributed by atoms with Crippen molar-refractivity contribution in [3.8, 4) is 17.2 Å². The summed E-state index contributed by atoms with van der Waals surface area (Å²) in [5.41, 5.74) is 1.59. The van der Waals surface area contributed by atoms with E-state index >= 15 is 0 Å². The van der Waals surface area contributed by atoms with Crippen LogP contribution in [0.3, 0.4) is 0 Å². The molecule has 0 aliphatic carbocycles. The summed E-state index contributed by atoms with van der Waals surface area (Å²) in [5.74, 6) is 2.81. The zero-order chi connectivity index (χ0) is 22.8. The molecule has 33 heavy (non-hydrogen) atoms. The number of fused-ring (bicyclic) bond motifs is 2. The molecule has 7 nitrogen and oxygen atoms in total. The third kappa shape index (κ3) is 4.19. The van der Waals surface area contributed by atoms with E-state index in [0.29, 0.717) is 54.7 Å². The molecule has 1 fully saturated rings. The molecule has 2 heterocycles. The average Bonchev–Trinajstić information content (AvgIpc) is 3.19. The minimum absolute atomic E-state index is 0.324. The van der Waals surface area contributed by atoms with Crippen LogP contribution < -0.4 is 9.47 Å². The number of ether oxygens (including phenoxy) is 2. The smallest absolute Gasteiger partial charge is 0.243 e. The number of para-hydroxylation sites is 2. The van der Waals surface area contributed by atoms with Crippen LogP contribution in [0, 0.1) is 0 Å². The van der Waals surface area contributed by atoms with E-state index in [1.807, 2.05) is 48.5 Å². The van der Waals surface area contributed by atoms with E-state index in [0.717, 1.165) is 17.1 Å². The quantitative estimate of drug-likeness (QED) is 0.580. The van der Waals surface area contributed by atoms with Gasteiger partial charge in [0.15, 0.2) is 5.75 Å². The highest BCUT2D eigenvalue weighted by molar-refractivity contribution is 7.89. The number of amidine groups is 1. The van der Waals surface area contributed by atoms with Gasteiger partial charge >= 0.3 is 0 Å². The molecule has 0 aromatic heterocycles. The first-order chi connectivity index (χ1) is 16.1. The largest absolute Gasteiger partial charge is 0.497 e. The lowest BCUT2D eigenvalue weighted by Crippen LogP contribution is -2.37. The molecule has 0 bridgehead atoms. The lowest BCUT2D eigenvalue weighted by Gasteiger charge is -2.25. The summed E-state index contributed by atoms with van der Waals surface area (Å²) in [6.07, 6.45) is 0.694. The van der Waals surface area contributed by atoms with E-state index in [9.17, 15) is 8.42 Å². The van der Waals surface area contributed by atoms with Crippen molar-refractivity contribution >= 4 is 21.5 Å². The monoisotopic (exact) mass is 463 g/mol. The van der Waals surface area contributed by atoms with Gasteiger partial charge in [-0.3, -0.25) is 0 Å². The molecule has 8 heteroatoms. The van der Waals surface area contributed by atoms with Gasteiger partial charge in [-0.1, -0.05) is 30.3 Å². The Kier molecular flexibility index (Phi) is 5.78. The van der Waals surface area contributed by atoms with Gasteiger partial charge in [-0.25, -0.2) is 13.4 Å². The molecule has 0 saturated carbocycles. The molecule has 0 spiro atoms. The van der Waals surface area contributed by atoms with E-state index in [2.05, 4.69) is 4.90 Å². The van der Waals surface area contributed by atoms with Crippen LogP contribution in [0.25, 0.3) is 0 Å². The number of methoxy groups -OCH3 is 1. The molecular weight excluding hydrogens is 438 g/mol. The second-order valence-corrected chi connectivity index (χ2v) is 9.86. The summed E-state index contributed by atoms with van der Waals surface area (Å²) in [7, 11) is -1.92. The summed E-state index contributed by atoms with van der Waals surface area (Å²) in [6, 6.07) is 21.9. The molecule has 2 aliphatic heterocycles. The number of benzene rings is 3. The summed E-state index contributed by atoms with van der Waals surface area (Å²) in [4.78, 5) is 7.43. The molecule has 3 aromatic carbocycles. The van der Waals surface area contributed by atoms with E-state index < -0.39 is 10.0 Å². The Labute approximate surface area is 193 Å². The first kappa shape index (κ1) is 21.5. The molecule has 3 aromatic rings. The van der Waals surface area contributed by atoms with E-state index in [1.165, 1.54) is 0 Å². The average molecular weight is 464 g/mol. The van der Waals surface area contributed by atoms with Crippen LogP contribution in [-0.4, -0.2) is 56.7 Å². The van der Waals surface area contributed by atoms with Crippen LogP contribution in [0.5, 0.6) is 17.2 Å². The van der Waals surface area contributed by atoms with Crippen molar-refractivity contribution in [2.24, 2.45) is 4.99 Å². The molecule has 0 unspecified atom stereocenters. The highest BCUT2D eigenvalue weighted by Crippen LogP contribution is 2.39. The Morgan fingerprint density at radius 3 is 2.48 bits per heavy atom. The lowest BCUT2D eigenvalue weighted by molar-refractivity contribution is 0.404. The molecule has 2 aliphatic rings. The van der Waals surface area contributed by atoms with Gasteiger partial charge in [0, 0.05) is 32.2 Å². The zero-order valence-corrected chi connectivity index (χ0v) is 19.2. The Balaban J connectivity index is 1.48. The Hall–Kier alpha value is -3.36. The molecule has 170 valence electrons. The zero-order valence-electron chi connectivity index (χ0n) is 18.3. The second-order valence-electron chi connectivity index (χ2n) is 7.93. The third-order valence-electron chi connectivity index (χ3n) is 5.88. The van der Waals surface area contributed by atoms with Gasteiger partial charge in [0.05, 0.1) is 17.6 Å². The van der Waals surface area contributed by atoms with Crippen molar-refractivity contribution in [1.29, 1.82) is 0 Å². The van der Waals surface area contributed by atoms with Crippen molar-refractivity contribution in [2.75, 3.05) is 33.3 Å². The Bertz CT molecular complexity index is 1290. The maximum atomic E-state index is 13.2. The van der Waals surface area contributed by atoms with Crippen molar-refractivity contribution < 1.29 is 17.9 Å². The number of nitrogens with zero attached hydrogens (tertiary/aromatic N) is 3. The van der Waals surface area contributed by atoms with Gasteiger partial charge in [0.1, 0.15) is 23.0 Å². The minimum atomic E-state index is -3.54. The molecule has 0 atom stereocenters. The molecule has 0 radical (unpaired) electrons. The van der Waals surface area contributed by atoms with Crippen LogP contribution in [0.15, 0.2) is 82.7 Å². The van der Waals surface area contributed by atoms with Gasteiger partial charge in [0.2, 0.25) is 10.0 Å². The van der Waals surface area contributed by atoms with Crippen LogP contribution in [0.2, 0.25) is 0 Å². The van der Waals surface area contributed by atoms with Crippen molar-refractivity contribution in [2.45, 2.75) is 11.3 Å². The first-order valence-electron chi connectivity index (χ1n) is 10.9. The van der Waals surface area contributed by atoms with E-state index in [4.69, 9.17) is 14.5 Å². The van der Waals surface area contributed by atoms with E-state index in [1.54, 1.807) is 35.7 Å².